The van der Waals surface area contributed by atoms with Crippen molar-refractivity contribution in [2.24, 2.45) is 11.8 Å². The predicted octanol–water partition coefficient (Wildman–Crippen LogP) is 0.138. The van der Waals surface area contributed by atoms with Gasteiger partial charge in [-0.05, 0) is 31.1 Å². The van der Waals surface area contributed by atoms with E-state index in [1.54, 1.807) is 0 Å². The highest BCUT2D eigenvalue weighted by atomic mass is 16.3. The van der Waals surface area contributed by atoms with E-state index in [9.17, 15) is 0 Å². The minimum Gasteiger partial charge on any atom is -0.393 e. The van der Waals surface area contributed by atoms with E-state index in [0.717, 1.165) is 19.3 Å². The van der Waals surface area contributed by atoms with Gasteiger partial charge in [0.25, 0.3) is 0 Å². The maximum absolute atomic E-state index is 9.12. The van der Waals surface area contributed by atoms with Crippen LogP contribution in [0.5, 0.6) is 0 Å². The molecule has 9 heavy (non-hydrogen) atoms. The van der Waals surface area contributed by atoms with Crippen LogP contribution >= 0.6 is 0 Å². The summed E-state index contributed by atoms with van der Waals surface area (Å²) in [5.74, 6) is 1.09. The number of hydrogen-bond donors (Lipinski definition) is 2. The Morgan fingerprint density at radius 2 is 1.78 bits per heavy atom. The van der Waals surface area contributed by atoms with Gasteiger partial charge in [0.2, 0.25) is 0 Å². The fraction of sp³-hybridized carbons (Fsp3) is 1.00. The molecule has 2 fully saturated rings. The molecule has 0 aromatic rings. The van der Waals surface area contributed by atoms with E-state index in [2.05, 4.69) is 0 Å². The summed E-state index contributed by atoms with van der Waals surface area (Å²) in [6, 6.07) is 0. The average molecular weight is 128 g/mol. The molecule has 4 unspecified atom stereocenters. The van der Waals surface area contributed by atoms with Crippen LogP contribution in [0.2, 0.25) is 0 Å². The van der Waals surface area contributed by atoms with Crippen molar-refractivity contribution in [3.8, 4) is 0 Å². The standard InChI is InChI=1S/C7H12O2/c8-5-1-4-2-7(9)6(4)3-5/h4-9H,1-3H2. The van der Waals surface area contributed by atoms with Gasteiger partial charge in [0, 0.05) is 0 Å². The zero-order valence-electron chi connectivity index (χ0n) is 5.33. The summed E-state index contributed by atoms with van der Waals surface area (Å²) in [7, 11) is 0. The molecule has 4 atom stereocenters. The summed E-state index contributed by atoms with van der Waals surface area (Å²) in [4.78, 5) is 0. The zero-order chi connectivity index (χ0) is 6.43. The summed E-state index contributed by atoms with van der Waals surface area (Å²) in [5, 5.41) is 18.2. The molecule has 0 saturated heterocycles. The van der Waals surface area contributed by atoms with Gasteiger partial charge in [-0.25, -0.2) is 0 Å². The molecule has 0 aliphatic heterocycles. The summed E-state index contributed by atoms with van der Waals surface area (Å²) in [6.07, 6.45) is 2.50. The molecule has 2 aliphatic rings. The van der Waals surface area contributed by atoms with Gasteiger partial charge in [0.15, 0.2) is 0 Å². The van der Waals surface area contributed by atoms with Crippen molar-refractivity contribution in [3.63, 3.8) is 0 Å². The highest BCUT2D eigenvalue weighted by Crippen LogP contribution is 2.46. The first kappa shape index (κ1) is 5.69. The van der Waals surface area contributed by atoms with Crippen LogP contribution in [0.3, 0.4) is 0 Å². The smallest absolute Gasteiger partial charge is 0.0574 e. The van der Waals surface area contributed by atoms with Gasteiger partial charge in [-0.1, -0.05) is 0 Å². The lowest BCUT2D eigenvalue weighted by Gasteiger charge is -2.35. The lowest BCUT2D eigenvalue weighted by molar-refractivity contribution is -0.0148. The Labute approximate surface area is 54.5 Å². The van der Waals surface area contributed by atoms with E-state index >= 15 is 0 Å². The van der Waals surface area contributed by atoms with Crippen LogP contribution in [0.4, 0.5) is 0 Å². The molecule has 0 heterocycles. The largest absolute Gasteiger partial charge is 0.393 e. The molecule has 2 heteroatoms. The molecule has 0 radical (unpaired) electrons. The predicted molar refractivity (Wildman–Crippen MR) is 32.8 cm³/mol. The molecule has 52 valence electrons. The molecule has 0 aromatic heterocycles. The molecule has 0 amide bonds. The number of aliphatic hydroxyl groups is 2. The van der Waals surface area contributed by atoms with E-state index in [1.165, 1.54) is 0 Å². The topological polar surface area (TPSA) is 40.5 Å². The fourth-order valence-electron chi connectivity index (χ4n) is 2.16. The number of aliphatic hydroxyl groups excluding tert-OH is 2. The van der Waals surface area contributed by atoms with E-state index in [1.807, 2.05) is 0 Å². The number of rotatable bonds is 0. The first-order chi connectivity index (χ1) is 4.27. The van der Waals surface area contributed by atoms with Crippen LogP contribution in [0.1, 0.15) is 19.3 Å². The number of fused-ring (bicyclic) bond motifs is 1. The van der Waals surface area contributed by atoms with Gasteiger partial charge in [-0.3, -0.25) is 0 Å². The van der Waals surface area contributed by atoms with Crippen molar-refractivity contribution < 1.29 is 10.2 Å². The number of hydrogen-bond acceptors (Lipinski definition) is 2. The van der Waals surface area contributed by atoms with Gasteiger partial charge in [-0.2, -0.15) is 0 Å². The van der Waals surface area contributed by atoms with Gasteiger partial charge < -0.3 is 10.2 Å². The zero-order valence-corrected chi connectivity index (χ0v) is 5.33. The first-order valence-corrected chi connectivity index (χ1v) is 3.63. The lowest BCUT2D eigenvalue weighted by atomic mass is 9.74. The van der Waals surface area contributed by atoms with Crippen LogP contribution in [0.25, 0.3) is 0 Å². The van der Waals surface area contributed by atoms with Crippen molar-refractivity contribution in [1.82, 2.24) is 0 Å². The Balaban J connectivity index is 2.00. The Hall–Kier alpha value is -0.0800. The molecule has 2 aliphatic carbocycles. The minimum atomic E-state index is -0.114. The minimum absolute atomic E-state index is 0.0906. The van der Waals surface area contributed by atoms with Crippen LogP contribution in [0.15, 0.2) is 0 Å². The van der Waals surface area contributed by atoms with E-state index in [4.69, 9.17) is 10.2 Å². The van der Waals surface area contributed by atoms with Crippen LogP contribution in [-0.4, -0.2) is 22.4 Å². The third-order valence-electron chi connectivity index (χ3n) is 2.76. The summed E-state index contributed by atoms with van der Waals surface area (Å²) < 4.78 is 0. The Kier molecular flexibility index (Phi) is 1.08. The third kappa shape index (κ3) is 0.700. The second-order valence-electron chi connectivity index (χ2n) is 3.35. The van der Waals surface area contributed by atoms with Gasteiger partial charge in [-0.15, -0.1) is 0 Å². The third-order valence-corrected chi connectivity index (χ3v) is 2.76. The second kappa shape index (κ2) is 1.70. The van der Waals surface area contributed by atoms with E-state index < -0.39 is 0 Å². The fourth-order valence-corrected chi connectivity index (χ4v) is 2.16. The SMILES string of the molecule is OC1CC2CC(O)C2C1. The van der Waals surface area contributed by atoms with Crippen LogP contribution in [-0.2, 0) is 0 Å². The molecular formula is C7H12O2. The molecule has 2 N–H and O–H groups in total. The van der Waals surface area contributed by atoms with Crippen molar-refractivity contribution in [3.05, 3.63) is 0 Å². The Morgan fingerprint density at radius 1 is 1.00 bits per heavy atom. The maximum Gasteiger partial charge on any atom is 0.0574 e. The normalized spacial score (nSPS) is 56.7. The Morgan fingerprint density at radius 3 is 2.22 bits per heavy atom. The molecular weight excluding hydrogens is 116 g/mol. The van der Waals surface area contributed by atoms with E-state index in [0.29, 0.717) is 11.8 Å². The molecule has 2 nitrogen and oxygen atoms in total. The van der Waals surface area contributed by atoms with Crippen molar-refractivity contribution in [2.75, 3.05) is 0 Å². The lowest BCUT2D eigenvalue weighted by Crippen LogP contribution is -2.37. The quantitative estimate of drug-likeness (QED) is 0.487. The molecule has 0 aromatic carbocycles. The average Bonchev–Trinajstić information content (AvgIpc) is 2.08. The van der Waals surface area contributed by atoms with E-state index in [-0.39, 0.29) is 12.2 Å². The molecule has 2 rings (SSSR count). The van der Waals surface area contributed by atoms with Crippen LogP contribution < -0.4 is 0 Å². The maximum atomic E-state index is 9.12. The molecule has 0 spiro atoms. The highest BCUT2D eigenvalue weighted by Gasteiger charge is 2.46. The van der Waals surface area contributed by atoms with Gasteiger partial charge in [0.05, 0.1) is 12.2 Å². The first-order valence-electron chi connectivity index (χ1n) is 3.63. The summed E-state index contributed by atoms with van der Waals surface area (Å²) >= 11 is 0. The molecule has 2 saturated carbocycles. The van der Waals surface area contributed by atoms with Gasteiger partial charge in [0.1, 0.15) is 0 Å². The van der Waals surface area contributed by atoms with Gasteiger partial charge >= 0.3 is 0 Å². The highest BCUT2D eigenvalue weighted by molar-refractivity contribution is 4.96. The summed E-state index contributed by atoms with van der Waals surface area (Å²) in [5.41, 5.74) is 0. The van der Waals surface area contributed by atoms with Crippen molar-refractivity contribution >= 4 is 0 Å². The van der Waals surface area contributed by atoms with Crippen molar-refractivity contribution in [1.29, 1.82) is 0 Å². The van der Waals surface area contributed by atoms with Crippen LogP contribution in [0, 0.1) is 11.8 Å². The Bertz CT molecular complexity index is 124. The molecule has 0 bridgehead atoms. The van der Waals surface area contributed by atoms with Crippen molar-refractivity contribution in [2.45, 2.75) is 31.5 Å². The monoisotopic (exact) mass is 128 g/mol. The summed E-state index contributed by atoms with van der Waals surface area (Å²) in [6.45, 7) is 0. The second-order valence-corrected chi connectivity index (χ2v) is 3.35.